The van der Waals surface area contributed by atoms with Crippen LogP contribution in [-0.2, 0) is 0 Å². The highest BCUT2D eigenvalue weighted by Crippen LogP contribution is 2.32. The first kappa shape index (κ1) is 18.1. The summed E-state index contributed by atoms with van der Waals surface area (Å²) in [5, 5.41) is 12.2. The molecule has 0 spiro atoms. The van der Waals surface area contributed by atoms with Crippen molar-refractivity contribution in [3.05, 3.63) is 34.6 Å². The molecule has 0 aromatic carbocycles. The normalized spacial score (nSPS) is 15.6. The lowest BCUT2D eigenvalue weighted by Crippen LogP contribution is -2.26. The summed E-state index contributed by atoms with van der Waals surface area (Å²) in [7, 11) is 0. The Morgan fingerprint density at radius 3 is 2.85 bits per heavy atom. The molecule has 7 nitrogen and oxygen atoms in total. The topological polar surface area (TPSA) is 84.7 Å². The van der Waals surface area contributed by atoms with Crippen LogP contribution in [0.2, 0.25) is 0 Å². The number of nitrogens with zero attached hydrogens (tertiary/aromatic N) is 4. The van der Waals surface area contributed by atoms with Gasteiger partial charge in [0.05, 0.1) is 17.5 Å². The number of hydrogen-bond acceptors (Lipinski definition) is 6. The SMILES string of the molecule is Cc1nc2c(cnn2C(C)C)cc1C(=O)Nc1ncc(C2CCNCC2)s1. The van der Waals surface area contributed by atoms with Crippen LogP contribution in [0.4, 0.5) is 5.13 Å². The molecule has 4 rings (SSSR count). The van der Waals surface area contributed by atoms with Crippen LogP contribution in [0.1, 0.15) is 59.6 Å². The van der Waals surface area contributed by atoms with Crippen LogP contribution in [0.5, 0.6) is 0 Å². The van der Waals surface area contributed by atoms with Crippen molar-refractivity contribution in [1.29, 1.82) is 0 Å². The molecule has 1 aliphatic rings. The summed E-state index contributed by atoms with van der Waals surface area (Å²) in [6.45, 7) is 8.06. The van der Waals surface area contributed by atoms with Gasteiger partial charge in [-0.1, -0.05) is 0 Å². The number of nitrogens with one attached hydrogen (secondary N) is 2. The second-order valence-corrected chi connectivity index (χ2v) is 8.33. The third-order valence-corrected chi connectivity index (χ3v) is 6.05. The molecule has 3 aromatic rings. The van der Waals surface area contributed by atoms with Gasteiger partial charge in [-0.25, -0.2) is 14.6 Å². The molecule has 0 unspecified atom stereocenters. The second kappa shape index (κ2) is 7.36. The number of thiazole rings is 1. The van der Waals surface area contributed by atoms with Crippen molar-refractivity contribution in [2.75, 3.05) is 18.4 Å². The smallest absolute Gasteiger partial charge is 0.259 e. The van der Waals surface area contributed by atoms with E-state index in [1.54, 1.807) is 17.5 Å². The molecule has 2 N–H and O–H groups in total. The van der Waals surface area contributed by atoms with Crippen molar-refractivity contribution >= 4 is 33.4 Å². The number of hydrogen-bond donors (Lipinski definition) is 2. The number of carbonyl (C=O) groups excluding carboxylic acids is 1. The number of piperidine rings is 1. The van der Waals surface area contributed by atoms with Crippen molar-refractivity contribution in [2.24, 2.45) is 0 Å². The molecule has 0 bridgehead atoms. The molecule has 1 fully saturated rings. The number of amides is 1. The zero-order valence-corrected chi connectivity index (χ0v) is 16.6. The van der Waals surface area contributed by atoms with Gasteiger partial charge in [0.2, 0.25) is 0 Å². The Morgan fingerprint density at radius 2 is 2.11 bits per heavy atom. The van der Waals surface area contributed by atoms with Gasteiger partial charge in [-0.15, -0.1) is 11.3 Å². The summed E-state index contributed by atoms with van der Waals surface area (Å²) >= 11 is 1.57. The molecule has 142 valence electrons. The van der Waals surface area contributed by atoms with Gasteiger partial charge in [0, 0.05) is 22.5 Å². The van der Waals surface area contributed by atoms with Crippen LogP contribution in [0, 0.1) is 6.92 Å². The van der Waals surface area contributed by atoms with Gasteiger partial charge in [-0.2, -0.15) is 5.10 Å². The van der Waals surface area contributed by atoms with E-state index in [4.69, 9.17) is 0 Å². The quantitative estimate of drug-likeness (QED) is 0.719. The Kier molecular flexibility index (Phi) is 4.92. The fourth-order valence-electron chi connectivity index (χ4n) is 3.48. The van der Waals surface area contributed by atoms with E-state index in [1.165, 1.54) is 4.88 Å². The predicted octanol–water partition coefficient (Wildman–Crippen LogP) is 3.50. The highest BCUT2D eigenvalue weighted by molar-refractivity contribution is 7.15. The molecule has 0 saturated carbocycles. The number of aryl methyl sites for hydroxylation is 1. The van der Waals surface area contributed by atoms with Crippen LogP contribution in [0.25, 0.3) is 11.0 Å². The Bertz CT molecular complexity index is 970. The minimum atomic E-state index is -0.176. The average molecular weight is 385 g/mol. The van der Waals surface area contributed by atoms with Gasteiger partial charge < -0.3 is 5.32 Å². The maximum absolute atomic E-state index is 12.8. The van der Waals surface area contributed by atoms with Crippen molar-refractivity contribution in [1.82, 2.24) is 25.1 Å². The van der Waals surface area contributed by atoms with E-state index in [1.807, 2.05) is 23.9 Å². The molecular formula is C19H24N6OS. The maximum atomic E-state index is 12.8. The average Bonchev–Trinajstić information content (AvgIpc) is 3.28. The molecule has 1 saturated heterocycles. The molecule has 4 heterocycles. The van der Waals surface area contributed by atoms with E-state index in [2.05, 4.69) is 39.5 Å². The number of aromatic nitrogens is 4. The van der Waals surface area contributed by atoms with Crippen molar-refractivity contribution in [3.8, 4) is 0 Å². The fraction of sp³-hybridized carbons (Fsp3) is 0.474. The Hall–Kier alpha value is -2.32. The van der Waals surface area contributed by atoms with E-state index in [0.717, 1.165) is 37.0 Å². The van der Waals surface area contributed by atoms with E-state index >= 15 is 0 Å². The molecule has 0 radical (unpaired) electrons. The van der Waals surface area contributed by atoms with Gasteiger partial charge in [0.15, 0.2) is 10.8 Å². The highest BCUT2D eigenvalue weighted by atomic mass is 32.1. The largest absolute Gasteiger partial charge is 0.317 e. The highest BCUT2D eigenvalue weighted by Gasteiger charge is 2.20. The summed E-state index contributed by atoms with van der Waals surface area (Å²) in [4.78, 5) is 23.0. The minimum Gasteiger partial charge on any atom is -0.317 e. The zero-order valence-electron chi connectivity index (χ0n) is 15.8. The van der Waals surface area contributed by atoms with Crippen LogP contribution < -0.4 is 10.6 Å². The summed E-state index contributed by atoms with van der Waals surface area (Å²) in [6.07, 6.45) is 5.90. The lowest BCUT2D eigenvalue weighted by Gasteiger charge is -2.20. The first-order valence-electron chi connectivity index (χ1n) is 9.35. The lowest BCUT2D eigenvalue weighted by molar-refractivity contribution is 0.102. The van der Waals surface area contributed by atoms with Gasteiger partial charge in [0.25, 0.3) is 5.91 Å². The number of fused-ring (bicyclic) bond motifs is 1. The fourth-order valence-corrected chi connectivity index (χ4v) is 4.46. The summed E-state index contributed by atoms with van der Waals surface area (Å²) < 4.78 is 1.87. The Balaban J connectivity index is 1.54. The zero-order chi connectivity index (χ0) is 19.0. The maximum Gasteiger partial charge on any atom is 0.259 e. The van der Waals surface area contributed by atoms with Crippen LogP contribution in [0.15, 0.2) is 18.5 Å². The molecule has 1 amide bonds. The molecule has 0 aliphatic carbocycles. The van der Waals surface area contributed by atoms with Crippen LogP contribution >= 0.6 is 11.3 Å². The summed E-state index contributed by atoms with van der Waals surface area (Å²) in [5.74, 6) is 0.362. The number of carbonyl (C=O) groups is 1. The molecule has 3 aromatic heterocycles. The van der Waals surface area contributed by atoms with Gasteiger partial charge in [-0.05, 0) is 58.7 Å². The Morgan fingerprint density at radius 1 is 1.33 bits per heavy atom. The standard InChI is InChI=1S/C19H24N6OS/c1-11(2)25-17-14(9-22-25)8-15(12(3)23-17)18(26)24-19-21-10-16(27-19)13-4-6-20-7-5-13/h8-11,13,20H,4-7H2,1-3H3,(H,21,24,26). The van der Waals surface area contributed by atoms with Crippen molar-refractivity contribution in [2.45, 2.75) is 45.6 Å². The number of rotatable bonds is 4. The van der Waals surface area contributed by atoms with Crippen molar-refractivity contribution in [3.63, 3.8) is 0 Å². The van der Waals surface area contributed by atoms with E-state index < -0.39 is 0 Å². The van der Waals surface area contributed by atoms with Gasteiger partial charge in [-0.3, -0.25) is 10.1 Å². The molecule has 1 aliphatic heterocycles. The third kappa shape index (κ3) is 3.59. The second-order valence-electron chi connectivity index (χ2n) is 7.26. The minimum absolute atomic E-state index is 0.176. The van der Waals surface area contributed by atoms with Crippen molar-refractivity contribution < 1.29 is 4.79 Å². The Labute approximate surface area is 162 Å². The van der Waals surface area contributed by atoms with E-state index in [0.29, 0.717) is 22.3 Å². The van der Waals surface area contributed by atoms with E-state index in [9.17, 15) is 4.79 Å². The predicted molar refractivity (Wildman–Crippen MR) is 108 cm³/mol. The summed E-state index contributed by atoms with van der Waals surface area (Å²) in [5.41, 5.74) is 2.06. The van der Waals surface area contributed by atoms with Gasteiger partial charge >= 0.3 is 0 Å². The van der Waals surface area contributed by atoms with Crippen LogP contribution in [0.3, 0.4) is 0 Å². The first-order chi connectivity index (χ1) is 13.0. The third-order valence-electron chi connectivity index (χ3n) is 4.98. The molecule has 0 atom stereocenters. The van der Waals surface area contributed by atoms with Gasteiger partial charge in [0.1, 0.15) is 0 Å². The number of pyridine rings is 1. The molecular weight excluding hydrogens is 360 g/mol. The van der Waals surface area contributed by atoms with Crippen LogP contribution in [-0.4, -0.2) is 38.7 Å². The van der Waals surface area contributed by atoms with E-state index in [-0.39, 0.29) is 11.9 Å². The first-order valence-corrected chi connectivity index (χ1v) is 10.2. The molecule has 27 heavy (non-hydrogen) atoms. The monoisotopic (exact) mass is 384 g/mol. The molecule has 8 heteroatoms. The summed E-state index contributed by atoms with van der Waals surface area (Å²) in [6, 6.07) is 2.08. The number of anilines is 1. The lowest BCUT2D eigenvalue weighted by atomic mass is 9.97.